The molecule has 2 aromatic heterocycles. The minimum absolute atomic E-state index is 0.796. The van der Waals surface area contributed by atoms with Crippen molar-refractivity contribution in [1.82, 2.24) is 14.8 Å². The van der Waals surface area contributed by atoms with Crippen molar-refractivity contribution in [1.29, 1.82) is 0 Å². The molecule has 0 saturated heterocycles. The van der Waals surface area contributed by atoms with E-state index in [0.29, 0.717) is 0 Å². The minimum Gasteiger partial charge on any atom is -0.494 e. The lowest BCUT2D eigenvalue weighted by Gasteiger charge is -2.09. The van der Waals surface area contributed by atoms with E-state index in [-0.39, 0.29) is 0 Å². The van der Waals surface area contributed by atoms with E-state index in [1.807, 2.05) is 54.5 Å². The predicted molar refractivity (Wildman–Crippen MR) is 85.5 cm³/mol. The van der Waals surface area contributed by atoms with Crippen molar-refractivity contribution in [2.75, 3.05) is 19.5 Å². The summed E-state index contributed by atoms with van der Waals surface area (Å²) in [6.45, 7) is 2.03. The van der Waals surface area contributed by atoms with Crippen LogP contribution in [0.25, 0.3) is 16.9 Å². The van der Waals surface area contributed by atoms with Gasteiger partial charge in [-0.15, -0.1) is 11.3 Å². The third-order valence-electron chi connectivity index (χ3n) is 3.32. The van der Waals surface area contributed by atoms with E-state index in [1.54, 1.807) is 18.4 Å². The van der Waals surface area contributed by atoms with Crippen molar-refractivity contribution in [3.05, 3.63) is 41.5 Å². The number of aromatic nitrogens is 3. The summed E-state index contributed by atoms with van der Waals surface area (Å²) < 4.78 is 7.29. The van der Waals surface area contributed by atoms with E-state index in [0.717, 1.165) is 33.5 Å². The zero-order valence-corrected chi connectivity index (χ0v) is 12.9. The molecule has 0 aliphatic carbocycles. The first-order valence-electron chi connectivity index (χ1n) is 6.56. The van der Waals surface area contributed by atoms with Crippen LogP contribution >= 0.6 is 11.3 Å². The first-order chi connectivity index (χ1) is 10.2. The molecule has 0 aliphatic heterocycles. The van der Waals surface area contributed by atoms with E-state index in [4.69, 9.17) is 4.74 Å². The number of anilines is 1. The first kappa shape index (κ1) is 13.6. The van der Waals surface area contributed by atoms with Crippen molar-refractivity contribution in [2.24, 2.45) is 0 Å². The molecule has 21 heavy (non-hydrogen) atoms. The van der Waals surface area contributed by atoms with Gasteiger partial charge >= 0.3 is 0 Å². The van der Waals surface area contributed by atoms with Crippen molar-refractivity contribution in [3.8, 4) is 22.7 Å². The number of ether oxygens (including phenoxy) is 1. The van der Waals surface area contributed by atoms with Gasteiger partial charge in [0.1, 0.15) is 11.4 Å². The maximum atomic E-state index is 5.41. The molecule has 0 saturated carbocycles. The van der Waals surface area contributed by atoms with Crippen molar-refractivity contribution >= 4 is 16.5 Å². The Balaban J connectivity index is 2.07. The molecular weight excluding hydrogens is 284 g/mol. The fourth-order valence-corrected chi connectivity index (χ4v) is 2.89. The highest BCUT2D eigenvalue weighted by atomic mass is 32.1. The molecule has 0 unspecified atom stereocenters. The van der Waals surface area contributed by atoms with E-state index in [1.165, 1.54) is 0 Å². The summed E-state index contributed by atoms with van der Waals surface area (Å²) in [5, 5.41) is 10.5. The summed E-state index contributed by atoms with van der Waals surface area (Å²) in [7, 11) is 3.53. The van der Waals surface area contributed by atoms with Gasteiger partial charge in [0.2, 0.25) is 0 Å². The normalized spacial score (nSPS) is 10.6. The quantitative estimate of drug-likeness (QED) is 0.803. The molecule has 2 heterocycles. The Morgan fingerprint density at radius 2 is 2.10 bits per heavy atom. The lowest BCUT2D eigenvalue weighted by atomic mass is 10.2. The molecule has 3 aromatic rings. The van der Waals surface area contributed by atoms with Gasteiger partial charge in [-0.3, -0.25) is 0 Å². The van der Waals surface area contributed by atoms with E-state index in [9.17, 15) is 0 Å². The van der Waals surface area contributed by atoms with Gasteiger partial charge in [0, 0.05) is 18.0 Å². The number of thiazole rings is 1. The molecular formula is C15H16N4OS. The Hall–Kier alpha value is -2.34. The van der Waals surface area contributed by atoms with E-state index < -0.39 is 0 Å². The lowest BCUT2D eigenvalue weighted by Crippen LogP contribution is -2.01. The second-order valence-corrected chi connectivity index (χ2v) is 5.37. The summed E-state index contributed by atoms with van der Waals surface area (Å²) in [5.74, 6) is 0.796. The van der Waals surface area contributed by atoms with Gasteiger partial charge in [0.25, 0.3) is 0 Å². The van der Waals surface area contributed by atoms with Gasteiger partial charge in [0.15, 0.2) is 5.13 Å². The summed E-state index contributed by atoms with van der Waals surface area (Å²) >= 11 is 1.58. The minimum atomic E-state index is 0.796. The van der Waals surface area contributed by atoms with Gasteiger partial charge in [-0.2, -0.15) is 5.10 Å². The molecule has 0 bridgehead atoms. The number of para-hydroxylation sites is 2. The van der Waals surface area contributed by atoms with Crippen molar-refractivity contribution in [3.63, 3.8) is 0 Å². The van der Waals surface area contributed by atoms with Crippen LogP contribution in [0.3, 0.4) is 0 Å². The predicted octanol–water partition coefficient (Wildman–Crippen LogP) is 3.35. The van der Waals surface area contributed by atoms with Crippen LogP contribution in [0.5, 0.6) is 5.75 Å². The fraction of sp³-hybridized carbons (Fsp3) is 0.200. The van der Waals surface area contributed by atoms with Crippen LogP contribution < -0.4 is 10.1 Å². The van der Waals surface area contributed by atoms with Crippen LogP contribution in [0.2, 0.25) is 0 Å². The lowest BCUT2D eigenvalue weighted by molar-refractivity contribution is 0.411. The third-order valence-corrected chi connectivity index (χ3v) is 4.18. The monoisotopic (exact) mass is 300 g/mol. The van der Waals surface area contributed by atoms with Crippen LogP contribution in [-0.2, 0) is 0 Å². The van der Waals surface area contributed by atoms with Crippen molar-refractivity contribution in [2.45, 2.75) is 6.92 Å². The zero-order valence-electron chi connectivity index (χ0n) is 12.1. The maximum absolute atomic E-state index is 5.41. The van der Waals surface area contributed by atoms with Gasteiger partial charge in [-0.25, -0.2) is 9.67 Å². The van der Waals surface area contributed by atoms with Crippen LogP contribution in [0.1, 0.15) is 5.69 Å². The molecule has 0 radical (unpaired) electrons. The molecule has 1 N–H and O–H groups in total. The van der Waals surface area contributed by atoms with E-state index >= 15 is 0 Å². The summed E-state index contributed by atoms with van der Waals surface area (Å²) in [6, 6.07) is 7.84. The van der Waals surface area contributed by atoms with Gasteiger partial charge < -0.3 is 10.1 Å². The fourth-order valence-electron chi connectivity index (χ4n) is 2.22. The summed E-state index contributed by atoms with van der Waals surface area (Å²) in [4.78, 5) is 4.53. The second kappa shape index (κ2) is 5.57. The van der Waals surface area contributed by atoms with Gasteiger partial charge in [0.05, 0.1) is 24.7 Å². The highest BCUT2D eigenvalue weighted by molar-refractivity contribution is 7.14. The molecule has 0 spiro atoms. The molecule has 6 heteroatoms. The number of methoxy groups -OCH3 is 1. The molecule has 0 atom stereocenters. The molecule has 0 aliphatic rings. The molecule has 1 aromatic carbocycles. The number of nitrogens with one attached hydrogen (secondary N) is 1. The Labute approximate surface area is 127 Å². The second-order valence-electron chi connectivity index (χ2n) is 4.52. The number of nitrogens with zero attached hydrogens (tertiary/aromatic N) is 3. The average molecular weight is 300 g/mol. The average Bonchev–Trinajstić information content (AvgIpc) is 3.13. The number of hydrogen-bond acceptors (Lipinski definition) is 5. The standard InChI is InChI=1S/C15H16N4OS/c1-10-11(12-9-21-15(16-2)18-12)8-17-19(10)13-6-4-5-7-14(13)20-3/h4-9H,1-3H3,(H,16,18). The van der Waals surface area contributed by atoms with Crippen LogP contribution in [-0.4, -0.2) is 28.9 Å². The molecule has 0 fully saturated rings. The highest BCUT2D eigenvalue weighted by Crippen LogP contribution is 2.30. The largest absolute Gasteiger partial charge is 0.494 e. The first-order valence-corrected chi connectivity index (χ1v) is 7.44. The number of rotatable bonds is 4. The summed E-state index contributed by atoms with van der Waals surface area (Å²) in [5.41, 5.74) is 3.92. The maximum Gasteiger partial charge on any atom is 0.182 e. The Bertz CT molecular complexity index is 763. The molecule has 108 valence electrons. The molecule has 0 amide bonds. The Morgan fingerprint density at radius 1 is 1.29 bits per heavy atom. The number of hydrogen-bond donors (Lipinski definition) is 1. The van der Waals surface area contributed by atoms with E-state index in [2.05, 4.69) is 15.4 Å². The third kappa shape index (κ3) is 2.38. The van der Waals surface area contributed by atoms with Crippen LogP contribution in [0.15, 0.2) is 35.8 Å². The van der Waals surface area contributed by atoms with Crippen LogP contribution in [0, 0.1) is 6.92 Å². The van der Waals surface area contributed by atoms with Crippen LogP contribution in [0.4, 0.5) is 5.13 Å². The number of benzene rings is 1. The Kier molecular flexibility index (Phi) is 3.62. The SMILES string of the molecule is CNc1nc(-c2cnn(-c3ccccc3OC)c2C)cs1. The zero-order chi connectivity index (χ0) is 14.8. The highest BCUT2D eigenvalue weighted by Gasteiger charge is 2.14. The smallest absolute Gasteiger partial charge is 0.182 e. The Morgan fingerprint density at radius 3 is 2.81 bits per heavy atom. The van der Waals surface area contributed by atoms with Gasteiger partial charge in [-0.1, -0.05) is 12.1 Å². The van der Waals surface area contributed by atoms with Crippen molar-refractivity contribution < 1.29 is 4.74 Å². The topological polar surface area (TPSA) is 52.0 Å². The summed E-state index contributed by atoms with van der Waals surface area (Å²) in [6.07, 6.45) is 1.84. The molecule has 3 rings (SSSR count). The van der Waals surface area contributed by atoms with Gasteiger partial charge in [-0.05, 0) is 19.1 Å². The molecule has 5 nitrogen and oxygen atoms in total.